The highest BCUT2D eigenvalue weighted by Crippen LogP contribution is 2.04. The lowest BCUT2D eigenvalue weighted by Crippen LogP contribution is -2.18. The number of nitrogens with zero attached hydrogens (tertiary/aromatic N) is 2. The maximum absolute atomic E-state index is 8.58. The highest BCUT2D eigenvalue weighted by atomic mass is 16.4. The summed E-state index contributed by atoms with van der Waals surface area (Å²) in [4.78, 5) is 4.03. The summed E-state index contributed by atoms with van der Waals surface area (Å²) in [5, 5.41) is 14.9. The van der Waals surface area contributed by atoms with Gasteiger partial charge >= 0.3 is 0 Å². The highest BCUT2D eigenvalue weighted by molar-refractivity contribution is 5.95. The predicted octanol–water partition coefficient (Wildman–Crippen LogP) is 1.70. The van der Waals surface area contributed by atoms with Gasteiger partial charge in [-0.1, -0.05) is 19.0 Å². The van der Waals surface area contributed by atoms with Crippen LogP contribution in [0.25, 0.3) is 0 Å². The van der Waals surface area contributed by atoms with Gasteiger partial charge < -0.3 is 16.3 Å². The molecular weight excluding hydrogens is 228 g/mol. The molecule has 0 aliphatic carbocycles. The van der Waals surface area contributed by atoms with Gasteiger partial charge in [-0.15, -0.1) is 0 Å². The molecule has 0 unspecified atom stereocenters. The van der Waals surface area contributed by atoms with Crippen molar-refractivity contribution in [2.24, 2.45) is 16.8 Å². The van der Waals surface area contributed by atoms with Crippen molar-refractivity contribution in [2.45, 2.75) is 33.2 Å². The second-order valence-electron chi connectivity index (χ2n) is 4.75. The molecule has 1 aromatic rings. The molecule has 0 fully saturated rings. The summed E-state index contributed by atoms with van der Waals surface area (Å²) in [6, 6.07) is 3.74. The zero-order valence-electron chi connectivity index (χ0n) is 11.1. The van der Waals surface area contributed by atoms with Crippen molar-refractivity contribution >= 4 is 5.84 Å². The third kappa shape index (κ3) is 5.14. The van der Waals surface area contributed by atoms with Gasteiger partial charge in [0.2, 0.25) is 0 Å². The molecular formula is C13H22N4O. The molecule has 0 saturated carbocycles. The Kier molecular flexibility index (Phi) is 6.14. The Morgan fingerprint density at radius 2 is 2.33 bits per heavy atom. The molecule has 0 saturated heterocycles. The number of aromatic nitrogens is 1. The molecule has 0 radical (unpaired) electrons. The molecule has 100 valence electrons. The van der Waals surface area contributed by atoms with Crippen LogP contribution in [0.5, 0.6) is 0 Å². The predicted molar refractivity (Wildman–Crippen MR) is 72.5 cm³/mol. The summed E-state index contributed by atoms with van der Waals surface area (Å²) in [5.41, 5.74) is 7.07. The van der Waals surface area contributed by atoms with E-state index in [4.69, 9.17) is 10.9 Å². The number of rotatable bonds is 7. The minimum atomic E-state index is 0.0386. The Balaban J connectivity index is 2.39. The smallest absolute Gasteiger partial charge is 0.188 e. The lowest BCUT2D eigenvalue weighted by molar-refractivity contribution is 0.318. The Labute approximate surface area is 108 Å². The second-order valence-corrected chi connectivity index (χ2v) is 4.75. The average molecular weight is 250 g/mol. The Morgan fingerprint density at radius 1 is 1.56 bits per heavy atom. The standard InChI is InChI=1S/C13H22N4O/c1-10(2)4-3-6-15-9-11-5-7-16-12(8-11)13(14)17-18/h5,7-8,10,15,18H,3-4,6,9H2,1-2H3,(H2,14,17). The van der Waals surface area contributed by atoms with Crippen molar-refractivity contribution in [3.63, 3.8) is 0 Å². The lowest BCUT2D eigenvalue weighted by Gasteiger charge is -2.07. The van der Waals surface area contributed by atoms with E-state index in [1.54, 1.807) is 6.20 Å². The van der Waals surface area contributed by atoms with Crippen LogP contribution in [0.4, 0.5) is 0 Å². The number of pyridine rings is 1. The van der Waals surface area contributed by atoms with Crippen LogP contribution in [0.3, 0.4) is 0 Å². The lowest BCUT2D eigenvalue weighted by atomic mass is 10.1. The van der Waals surface area contributed by atoms with Crippen molar-refractivity contribution in [1.29, 1.82) is 0 Å². The van der Waals surface area contributed by atoms with Crippen LogP contribution in [0.1, 0.15) is 37.9 Å². The van der Waals surface area contributed by atoms with Gasteiger partial charge in [-0.05, 0) is 43.0 Å². The van der Waals surface area contributed by atoms with Crippen LogP contribution in [0, 0.1) is 5.92 Å². The van der Waals surface area contributed by atoms with Crippen molar-refractivity contribution in [2.75, 3.05) is 6.54 Å². The van der Waals surface area contributed by atoms with Gasteiger partial charge in [-0.2, -0.15) is 0 Å². The molecule has 1 heterocycles. The number of hydrogen-bond acceptors (Lipinski definition) is 4. The number of hydrogen-bond donors (Lipinski definition) is 3. The van der Waals surface area contributed by atoms with E-state index in [1.807, 2.05) is 12.1 Å². The monoisotopic (exact) mass is 250 g/mol. The fourth-order valence-electron chi connectivity index (χ4n) is 1.64. The van der Waals surface area contributed by atoms with E-state index in [0.29, 0.717) is 5.69 Å². The van der Waals surface area contributed by atoms with Gasteiger partial charge in [0.15, 0.2) is 5.84 Å². The van der Waals surface area contributed by atoms with Crippen LogP contribution in [0.2, 0.25) is 0 Å². The number of nitrogens with two attached hydrogens (primary N) is 1. The van der Waals surface area contributed by atoms with E-state index < -0.39 is 0 Å². The quantitative estimate of drug-likeness (QED) is 0.226. The van der Waals surface area contributed by atoms with E-state index >= 15 is 0 Å². The van der Waals surface area contributed by atoms with Gasteiger partial charge in [0.25, 0.3) is 0 Å². The summed E-state index contributed by atoms with van der Waals surface area (Å²) in [7, 11) is 0. The summed E-state index contributed by atoms with van der Waals surface area (Å²) >= 11 is 0. The minimum Gasteiger partial charge on any atom is -0.409 e. The minimum absolute atomic E-state index is 0.0386. The SMILES string of the molecule is CC(C)CCCNCc1ccnc(C(N)=NO)c1. The van der Waals surface area contributed by atoms with Crippen molar-refractivity contribution in [1.82, 2.24) is 10.3 Å². The first kappa shape index (κ1) is 14.4. The second kappa shape index (κ2) is 7.66. The van der Waals surface area contributed by atoms with Crippen LogP contribution < -0.4 is 11.1 Å². The molecule has 0 aliphatic rings. The number of amidine groups is 1. The third-order valence-corrected chi connectivity index (χ3v) is 2.66. The zero-order valence-corrected chi connectivity index (χ0v) is 11.1. The molecule has 1 aromatic heterocycles. The molecule has 0 atom stereocenters. The molecule has 0 bridgehead atoms. The van der Waals surface area contributed by atoms with Gasteiger partial charge in [0.1, 0.15) is 5.69 Å². The van der Waals surface area contributed by atoms with Gasteiger partial charge in [-0.25, -0.2) is 0 Å². The number of nitrogens with one attached hydrogen (secondary N) is 1. The fourth-order valence-corrected chi connectivity index (χ4v) is 1.64. The summed E-state index contributed by atoms with van der Waals surface area (Å²) in [5.74, 6) is 0.788. The largest absolute Gasteiger partial charge is 0.409 e. The Hall–Kier alpha value is -1.62. The van der Waals surface area contributed by atoms with E-state index in [-0.39, 0.29) is 5.84 Å². The molecule has 4 N–H and O–H groups in total. The normalized spacial score (nSPS) is 12.1. The Bertz CT molecular complexity index is 390. The van der Waals surface area contributed by atoms with Crippen LogP contribution in [0.15, 0.2) is 23.5 Å². The fraction of sp³-hybridized carbons (Fsp3) is 0.538. The molecule has 1 rings (SSSR count). The Morgan fingerprint density at radius 3 is 3.00 bits per heavy atom. The van der Waals surface area contributed by atoms with Crippen LogP contribution >= 0.6 is 0 Å². The maximum atomic E-state index is 8.58. The molecule has 0 aliphatic heterocycles. The summed E-state index contributed by atoms with van der Waals surface area (Å²) in [6.45, 7) is 6.23. The van der Waals surface area contributed by atoms with E-state index in [1.165, 1.54) is 12.8 Å². The third-order valence-electron chi connectivity index (χ3n) is 2.66. The summed E-state index contributed by atoms with van der Waals surface area (Å²) < 4.78 is 0. The van der Waals surface area contributed by atoms with E-state index in [0.717, 1.165) is 24.6 Å². The average Bonchev–Trinajstić information content (AvgIpc) is 2.37. The first-order valence-electron chi connectivity index (χ1n) is 6.27. The van der Waals surface area contributed by atoms with Crippen molar-refractivity contribution < 1.29 is 5.21 Å². The van der Waals surface area contributed by atoms with E-state index in [9.17, 15) is 0 Å². The van der Waals surface area contributed by atoms with E-state index in [2.05, 4.69) is 29.3 Å². The topological polar surface area (TPSA) is 83.5 Å². The van der Waals surface area contributed by atoms with Crippen LogP contribution in [-0.4, -0.2) is 22.6 Å². The zero-order chi connectivity index (χ0) is 13.4. The van der Waals surface area contributed by atoms with Gasteiger partial charge in [0, 0.05) is 12.7 Å². The van der Waals surface area contributed by atoms with Crippen molar-refractivity contribution in [3.05, 3.63) is 29.6 Å². The first-order chi connectivity index (χ1) is 8.63. The molecule has 5 heteroatoms. The van der Waals surface area contributed by atoms with Gasteiger partial charge in [0.05, 0.1) is 0 Å². The summed E-state index contributed by atoms with van der Waals surface area (Å²) in [6.07, 6.45) is 4.08. The maximum Gasteiger partial charge on any atom is 0.188 e. The van der Waals surface area contributed by atoms with Crippen molar-refractivity contribution in [3.8, 4) is 0 Å². The van der Waals surface area contributed by atoms with Crippen LogP contribution in [-0.2, 0) is 6.54 Å². The molecule has 18 heavy (non-hydrogen) atoms. The highest BCUT2D eigenvalue weighted by Gasteiger charge is 2.02. The number of oxime groups is 1. The molecule has 0 spiro atoms. The molecule has 5 nitrogen and oxygen atoms in total. The molecule has 0 aromatic carbocycles. The molecule has 0 amide bonds. The first-order valence-corrected chi connectivity index (χ1v) is 6.27. The van der Waals surface area contributed by atoms with Gasteiger partial charge in [-0.3, -0.25) is 4.98 Å².